The molecule has 3 aromatic carbocycles. The molecule has 0 atom stereocenters. The van der Waals surface area contributed by atoms with E-state index in [0.29, 0.717) is 29.5 Å². The van der Waals surface area contributed by atoms with Crippen LogP contribution >= 0.6 is 0 Å². The van der Waals surface area contributed by atoms with Crippen molar-refractivity contribution in [3.8, 4) is 11.5 Å². The third kappa shape index (κ3) is 4.99. The normalized spacial score (nSPS) is 10.3. The number of benzene rings is 3. The molecule has 1 amide bonds. The number of hydrogen-bond donors (Lipinski definition) is 2. The van der Waals surface area contributed by atoms with Gasteiger partial charge in [-0.1, -0.05) is 60.7 Å². The van der Waals surface area contributed by atoms with E-state index in [1.165, 1.54) is 6.33 Å². The molecule has 30 heavy (non-hydrogen) atoms. The molecule has 0 saturated carbocycles. The molecule has 0 aliphatic rings. The molecule has 1 aromatic heterocycles. The van der Waals surface area contributed by atoms with E-state index >= 15 is 0 Å². The zero-order valence-corrected chi connectivity index (χ0v) is 16.2. The third-order valence-electron chi connectivity index (χ3n) is 4.32. The molecule has 0 saturated heterocycles. The number of para-hydroxylation sites is 3. The first kappa shape index (κ1) is 19.1. The van der Waals surface area contributed by atoms with Gasteiger partial charge in [0.1, 0.15) is 23.6 Å². The summed E-state index contributed by atoms with van der Waals surface area (Å²) in [6, 6.07) is 28.3. The van der Waals surface area contributed by atoms with E-state index in [2.05, 4.69) is 20.6 Å². The van der Waals surface area contributed by atoms with Gasteiger partial charge in [-0.15, -0.1) is 0 Å². The summed E-state index contributed by atoms with van der Waals surface area (Å²) in [5, 5.41) is 6.07. The summed E-state index contributed by atoms with van der Waals surface area (Å²) in [6.07, 6.45) is 1.37. The largest absolute Gasteiger partial charge is 0.455 e. The highest BCUT2D eigenvalue weighted by molar-refractivity contribution is 6.04. The van der Waals surface area contributed by atoms with Gasteiger partial charge in [0.2, 0.25) is 0 Å². The van der Waals surface area contributed by atoms with Gasteiger partial charge in [0.05, 0.1) is 5.69 Å². The van der Waals surface area contributed by atoms with Crippen molar-refractivity contribution in [2.45, 2.75) is 6.54 Å². The Kier molecular flexibility index (Phi) is 5.96. The Labute approximate surface area is 174 Å². The van der Waals surface area contributed by atoms with Crippen molar-refractivity contribution >= 4 is 17.4 Å². The standard InChI is InChI=1S/C24H20N4O2/c29-24(21-15-23(27-17-26-21)25-16-18-9-3-1-4-10-18)28-20-13-7-8-14-22(20)30-19-11-5-2-6-12-19/h1-15,17H,16H2,(H,28,29)(H,25,26,27). The van der Waals surface area contributed by atoms with Crippen molar-refractivity contribution in [2.75, 3.05) is 10.6 Å². The van der Waals surface area contributed by atoms with Crippen LogP contribution in [0.3, 0.4) is 0 Å². The van der Waals surface area contributed by atoms with Crippen LogP contribution in [0, 0.1) is 0 Å². The van der Waals surface area contributed by atoms with Crippen molar-refractivity contribution in [2.24, 2.45) is 0 Å². The summed E-state index contributed by atoms with van der Waals surface area (Å²) in [5.74, 6) is 1.47. The topological polar surface area (TPSA) is 76.1 Å². The number of hydrogen-bond acceptors (Lipinski definition) is 5. The van der Waals surface area contributed by atoms with Gasteiger partial charge in [0.15, 0.2) is 5.75 Å². The molecule has 4 aromatic rings. The Morgan fingerprint density at radius 3 is 2.33 bits per heavy atom. The average molecular weight is 396 g/mol. The highest BCUT2D eigenvalue weighted by Gasteiger charge is 2.12. The first-order valence-electron chi connectivity index (χ1n) is 9.51. The fourth-order valence-corrected chi connectivity index (χ4v) is 2.83. The Morgan fingerprint density at radius 2 is 1.53 bits per heavy atom. The van der Waals surface area contributed by atoms with Crippen LogP contribution in [-0.2, 0) is 6.54 Å². The Balaban J connectivity index is 1.45. The Bertz CT molecular complexity index is 1120. The number of ether oxygens (including phenoxy) is 1. The minimum Gasteiger partial charge on any atom is -0.455 e. The molecule has 6 nitrogen and oxygen atoms in total. The highest BCUT2D eigenvalue weighted by Crippen LogP contribution is 2.29. The van der Waals surface area contributed by atoms with Crippen molar-refractivity contribution in [1.82, 2.24) is 9.97 Å². The molecule has 0 fully saturated rings. The molecule has 2 N–H and O–H groups in total. The van der Waals surface area contributed by atoms with Crippen LogP contribution in [0.5, 0.6) is 11.5 Å². The molecule has 0 aliphatic carbocycles. The quantitative estimate of drug-likeness (QED) is 0.453. The second kappa shape index (κ2) is 9.34. The van der Waals surface area contributed by atoms with Gasteiger partial charge >= 0.3 is 0 Å². The number of amides is 1. The van der Waals surface area contributed by atoms with E-state index in [4.69, 9.17) is 4.74 Å². The van der Waals surface area contributed by atoms with Crippen molar-refractivity contribution in [1.29, 1.82) is 0 Å². The number of carbonyl (C=O) groups excluding carboxylic acids is 1. The summed E-state index contributed by atoms with van der Waals surface area (Å²) < 4.78 is 5.90. The van der Waals surface area contributed by atoms with Gasteiger partial charge < -0.3 is 15.4 Å². The minimum atomic E-state index is -0.343. The van der Waals surface area contributed by atoms with Gasteiger partial charge in [-0.05, 0) is 29.8 Å². The predicted octanol–water partition coefficient (Wildman–Crippen LogP) is 5.13. The van der Waals surface area contributed by atoms with E-state index in [1.807, 2.05) is 72.8 Å². The van der Waals surface area contributed by atoms with Gasteiger partial charge in [-0.3, -0.25) is 4.79 Å². The van der Waals surface area contributed by atoms with Gasteiger partial charge in [0.25, 0.3) is 5.91 Å². The lowest BCUT2D eigenvalue weighted by atomic mass is 10.2. The fraction of sp³-hybridized carbons (Fsp3) is 0.0417. The molecular formula is C24H20N4O2. The van der Waals surface area contributed by atoms with E-state index in [9.17, 15) is 4.79 Å². The van der Waals surface area contributed by atoms with E-state index in [-0.39, 0.29) is 11.6 Å². The number of carbonyl (C=O) groups is 1. The second-order valence-electron chi connectivity index (χ2n) is 6.49. The highest BCUT2D eigenvalue weighted by atomic mass is 16.5. The van der Waals surface area contributed by atoms with Crippen molar-refractivity contribution in [3.05, 3.63) is 109 Å². The lowest BCUT2D eigenvalue weighted by Gasteiger charge is -2.12. The van der Waals surface area contributed by atoms with Crippen LogP contribution in [0.15, 0.2) is 97.3 Å². The maximum atomic E-state index is 12.8. The van der Waals surface area contributed by atoms with Crippen LogP contribution in [0.1, 0.15) is 16.1 Å². The summed E-state index contributed by atoms with van der Waals surface area (Å²) in [7, 11) is 0. The van der Waals surface area contributed by atoms with Crippen LogP contribution in [0.2, 0.25) is 0 Å². The first-order valence-corrected chi connectivity index (χ1v) is 9.51. The zero-order valence-electron chi connectivity index (χ0n) is 16.2. The summed E-state index contributed by atoms with van der Waals surface area (Å²) in [6.45, 7) is 0.604. The molecule has 148 valence electrons. The molecular weight excluding hydrogens is 376 g/mol. The summed E-state index contributed by atoms with van der Waals surface area (Å²) in [5.41, 5.74) is 1.94. The van der Waals surface area contributed by atoms with Crippen molar-refractivity contribution < 1.29 is 9.53 Å². The first-order chi connectivity index (χ1) is 14.8. The van der Waals surface area contributed by atoms with Crippen LogP contribution in [0.4, 0.5) is 11.5 Å². The molecule has 0 spiro atoms. The van der Waals surface area contributed by atoms with Crippen molar-refractivity contribution in [3.63, 3.8) is 0 Å². The van der Waals surface area contributed by atoms with E-state index in [1.54, 1.807) is 18.2 Å². The molecule has 0 radical (unpaired) electrons. The lowest BCUT2D eigenvalue weighted by molar-refractivity contribution is 0.102. The monoisotopic (exact) mass is 396 g/mol. The van der Waals surface area contributed by atoms with Crippen LogP contribution in [-0.4, -0.2) is 15.9 Å². The van der Waals surface area contributed by atoms with E-state index < -0.39 is 0 Å². The number of nitrogens with zero attached hydrogens (tertiary/aromatic N) is 2. The summed E-state index contributed by atoms with van der Waals surface area (Å²) in [4.78, 5) is 21.1. The fourth-order valence-electron chi connectivity index (χ4n) is 2.83. The predicted molar refractivity (Wildman–Crippen MR) is 117 cm³/mol. The SMILES string of the molecule is O=C(Nc1ccccc1Oc1ccccc1)c1cc(NCc2ccccc2)ncn1. The van der Waals surface area contributed by atoms with Gasteiger partial charge in [0, 0.05) is 12.6 Å². The van der Waals surface area contributed by atoms with Crippen LogP contribution < -0.4 is 15.4 Å². The Hall–Kier alpha value is -4.19. The maximum Gasteiger partial charge on any atom is 0.274 e. The number of anilines is 2. The van der Waals surface area contributed by atoms with Gasteiger partial charge in [-0.25, -0.2) is 9.97 Å². The van der Waals surface area contributed by atoms with Crippen LogP contribution in [0.25, 0.3) is 0 Å². The molecule has 0 bridgehead atoms. The number of nitrogens with one attached hydrogen (secondary N) is 2. The maximum absolute atomic E-state index is 12.8. The molecule has 4 rings (SSSR count). The molecule has 1 heterocycles. The second-order valence-corrected chi connectivity index (χ2v) is 6.49. The molecule has 0 unspecified atom stereocenters. The number of rotatable bonds is 7. The summed E-state index contributed by atoms with van der Waals surface area (Å²) >= 11 is 0. The zero-order chi connectivity index (χ0) is 20.6. The van der Waals surface area contributed by atoms with Gasteiger partial charge in [-0.2, -0.15) is 0 Å². The Morgan fingerprint density at radius 1 is 0.833 bits per heavy atom. The molecule has 0 aliphatic heterocycles. The number of aromatic nitrogens is 2. The molecule has 6 heteroatoms. The third-order valence-corrected chi connectivity index (χ3v) is 4.32. The lowest BCUT2D eigenvalue weighted by Crippen LogP contribution is -2.15. The smallest absolute Gasteiger partial charge is 0.274 e. The minimum absolute atomic E-state index is 0.259. The van der Waals surface area contributed by atoms with E-state index in [0.717, 1.165) is 5.56 Å². The average Bonchev–Trinajstić information content (AvgIpc) is 2.80.